The fourth-order valence-electron chi connectivity index (χ4n) is 0.986. The van der Waals surface area contributed by atoms with Crippen LogP contribution in [0.1, 0.15) is 26.7 Å². The summed E-state index contributed by atoms with van der Waals surface area (Å²) in [5.74, 6) is 0. The minimum atomic E-state index is -0.346. The maximum absolute atomic E-state index is 11.8. The Balaban J connectivity index is 3.68. The molecule has 0 radical (unpaired) electrons. The molecule has 0 fully saturated rings. The Morgan fingerprint density at radius 2 is 2.18 bits per heavy atom. The third kappa shape index (κ3) is 4.32. The van der Waals surface area contributed by atoms with Crippen molar-refractivity contribution >= 4 is 0 Å². The van der Waals surface area contributed by atoms with Gasteiger partial charge in [0.15, 0.2) is 0 Å². The molecule has 0 saturated carbocycles. The number of hydrogen-bond donors (Lipinski definition) is 2. The molecule has 0 heterocycles. The van der Waals surface area contributed by atoms with Gasteiger partial charge >= 0.3 is 0 Å². The molecule has 0 saturated heterocycles. The van der Waals surface area contributed by atoms with Gasteiger partial charge in [-0.05, 0) is 19.8 Å². The van der Waals surface area contributed by atoms with Gasteiger partial charge in [-0.3, -0.25) is 0 Å². The third-order valence-electron chi connectivity index (χ3n) is 2.09. The van der Waals surface area contributed by atoms with Crippen LogP contribution in [-0.2, 0) is 0 Å². The lowest BCUT2D eigenvalue weighted by Crippen LogP contribution is -2.43. The summed E-state index contributed by atoms with van der Waals surface area (Å²) in [5.41, 5.74) is -0.0964. The summed E-state index contributed by atoms with van der Waals surface area (Å²) in [7, 11) is 0. The molecule has 1 unspecified atom stereocenters. The van der Waals surface area contributed by atoms with Crippen LogP contribution in [0.15, 0.2) is 0 Å². The van der Waals surface area contributed by atoms with Crippen LogP contribution in [0.3, 0.4) is 0 Å². The summed E-state index contributed by atoms with van der Waals surface area (Å²) < 4.78 is 11.8. The Kier molecular flexibility index (Phi) is 5.42. The van der Waals surface area contributed by atoms with Crippen molar-refractivity contribution in [1.82, 2.24) is 5.32 Å². The molecular weight excluding hydrogens is 145 g/mol. The van der Waals surface area contributed by atoms with Gasteiger partial charge < -0.3 is 10.4 Å². The number of nitrogens with one attached hydrogen (secondary N) is 1. The van der Waals surface area contributed by atoms with Crippen LogP contribution in [0.25, 0.3) is 0 Å². The van der Waals surface area contributed by atoms with Gasteiger partial charge in [-0.15, -0.1) is 0 Å². The highest BCUT2D eigenvalue weighted by Crippen LogP contribution is 2.12. The lowest BCUT2D eigenvalue weighted by molar-refractivity contribution is 0.212. The van der Waals surface area contributed by atoms with Gasteiger partial charge in [0.2, 0.25) is 0 Å². The fraction of sp³-hybridized carbons (Fsp3) is 1.00. The largest absolute Gasteiger partial charge is 0.396 e. The van der Waals surface area contributed by atoms with Gasteiger partial charge in [0, 0.05) is 18.7 Å². The second kappa shape index (κ2) is 5.49. The highest BCUT2D eigenvalue weighted by Gasteiger charge is 2.19. The Morgan fingerprint density at radius 3 is 2.55 bits per heavy atom. The van der Waals surface area contributed by atoms with E-state index in [1.807, 2.05) is 13.8 Å². The minimum Gasteiger partial charge on any atom is -0.396 e. The van der Waals surface area contributed by atoms with Gasteiger partial charge in [-0.1, -0.05) is 6.92 Å². The van der Waals surface area contributed by atoms with Crippen LogP contribution < -0.4 is 5.32 Å². The van der Waals surface area contributed by atoms with Crippen molar-refractivity contribution in [2.45, 2.75) is 32.2 Å². The second-order valence-electron chi connectivity index (χ2n) is 3.00. The van der Waals surface area contributed by atoms with Crippen LogP contribution in [0.5, 0.6) is 0 Å². The van der Waals surface area contributed by atoms with E-state index in [1.54, 1.807) is 0 Å². The van der Waals surface area contributed by atoms with Gasteiger partial charge in [0.05, 0.1) is 0 Å². The zero-order valence-corrected chi connectivity index (χ0v) is 7.36. The summed E-state index contributed by atoms with van der Waals surface area (Å²) in [6.45, 7) is 4.22. The highest BCUT2D eigenvalue weighted by molar-refractivity contribution is 4.80. The molecule has 0 aliphatic rings. The Hall–Kier alpha value is -0.150. The van der Waals surface area contributed by atoms with E-state index in [0.717, 1.165) is 6.42 Å². The first-order valence-corrected chi connectivity index (χ1v) is 4.10. The van der Waals surface area contributed by atoms with E-state index in [1.165, 1.54) is 0 Å². The maximum Gasteiger partial charge on any atom is 0.102 e. The van der Waals surface area contributed by atoms with Crippen molar-refractivity contribution in [3.63, 3.8) is 0 Å². The minimum absolute atomic E-state index is 0.0964. The van der Waals surface area contributed by atoms with E-state index >= 15 is 0 Å². The number of hydrogen-bond acceptors (Lipinski definition) is 2. The van der Waals surface area contributed by atoms with Crippen LogP contribution in [0, 0.1) is 0 Å². The predicted molar refractivity (Wildman–Crippen MR) is 44.4 cm³/mol. The molecule has 2 nitrogen and oxygen atoms in total. The monoisotopic (exact) mass is 163 g/mol. The van der Waals surface area contributed by atoms with Crippen LogP contribution >= 0.6 is 0 Å². The summed E-state index contributed by atoms with van der Waals surface area (Å²) in [5, 5.41) is 11.8. The molecular formula is C8H18FNO. The first-order valence-electron chi connectivity index (χ1n) is 4.10. The van der Waals surface area contributed by atoms with Crippen molar-refractivity contribution in [2.75, 3.05) is 19.8 Å². The lowest BCUT2D eigenvalue weighted by Gasteiger charge is -2.28. The first-order chi connectivity index (χ1) is 5.18. The maximum atomic E-state index is 11.8. The number of rotatable bonds is 6. The summed E-state index contributed by atoms with van der Waals surface area (Å²) in [6, 6.07) is 0. The molecule has 0 aromatic carbocycles. The number of halogens is 1. The van der Waals surface area contributed by atoms with Crippen LogP contribution in [-0.4, -0.2) is 30.5 Å². The molecule has 0 aliphatic carbocycles. The van der Waals surface area contributed by atoms with E-state index in [9.17, 15) is 4.39 Å². The summed E-state index contributed by atoms with van der Waals surface area (Å²) >= 11 is 0. The number of alkyl halides is 1. The van der Waals surface area contributed by atoms with Crippen molar-refractivity contribution in [3.8, 4) is 0 Å². The smallest absolute Gasteiger partial charge is 0.102 e. The van der Waals surface area contributed by atoms with Crippen LogP contribution in [0.2, 0.25) is 0 Å². The molecule has 0 aromatic heterocycles. The van der Waals surface area contributed by atoms with E-state index in [4.69, 9.17) is 5.11 Å². The number of aliphatic hydroxyl groups is 1. The molecule has 0 spiro atoms. The van der Waals surface area contributed by atoms with E-state index in [-0.39, 0.29) is 18.8 Å². The Bertz CT molecular complexity index is 100. The molecule has 0 amide bonds. The van der Waals surface area contributed by atoms with E-state index in [2.05, 4.69) is 5.32 Å². The van der Waals surface area contributed by atoms with E-state index < -0.39 is 0 Å². The van der Waals surface area contributed by atoms with Crippen molar-refractivity contribution in [2.24, 2.45) is 0 Å². The second-order valence-corrected chi connectivity index (χ2v) is 3.00. The van der Waals surface area contributed by atoms with Gasteiger partial charge in [-0.25, -0.2) is 4.39 Å². The number of aliphatic hydroxyl groups excluding tert-OH is 1. The average molecular weight is 163 g/mol. The molecule has 68 valence electrons. The predicted octanol–water partition coefficient (Wildman–Crippen LogP) is 1.10. The van der Waals surface area contributed by atoms with Crippen molar-refractivity contribution < 1.29 is 9.50 Å². The van der Waals surface area contributed by atoms with Crippen molar-refractivity contribution in [3.05, 3.63) is 0 Å². The summed E-state index contributed by atoms with van der Waals surface area (Å²) in [6.07, 6.45) is 1.59. The molecule has 1 atom stereocenters. The third-order valence-corrected chi connectivity index (χ3v) is 2.09. The Morgan fingerprint density at radius 1 is 1.55 bits per heavy atom. The fourth-order valence-corrected chi connectivity index (χ4v) is 0.986. The lowest BCUT2D eigenvalue weighted by atomic mass is 9.95. The van der Waals surface area contributed by atoms with Gasteiger partial charge in [-0.2, -0.15) is 0 Å². The molecule has 3 heteroatoms. The Labute approximate surface area is 67.8 Å². The van der Waals surface area contributed by atoms with E-state index in [0.29, 0.717) is 13.0 Å². The van der Waals surface area contributed by atoms with Gasteiger partial charge in [0.1, 0.15) is 6.67 Å². The molecule has 11 heavy (non-hydrogen) atoms. The zero-order chi connectivity index (χ0) is 8.74. The normalized spacial score (nSPS) is 16.4. The quantitative estimate of drug-likeness (QED) is 0.614. The highest BCUT2D eigenvalue weighted by atomic mass is 19.1. The average Bonchev–Trinajstić information content (AvgIpc) is 2.02. The summed E-state index contributed by atoms with van der Waals surface area (Å²) in [4.78, 5) is 0. The SMILES string of the molecule is CCC(C)(CCO)NCCF. The molecule has 0 bridgehead atoms. The van der Waals surface area contributed by atoms with Gasteiger partial charge in [0.25, 0.3) is 0 Å². The molecule has 0 aromatic rings. The molecule has 0 aliphatic heterocycles. The molecule has 2 N–H and O–H groups in total. The zero-order valence-electron chi connectivity index (χ0n) is 7.36. The topological polar surface area (TPSA) is 32.3 Å². The molecule has 0 rings (SSSR count). The first kappa shape index (κ1) is 10.8. The standard InChI is InChI=1S/C8H18FNO/c1-3-8(2,4-7-11)10-6-5-9/h10-11H,3-7H2,1-2H3. The van der Waals surface area contributed by atoms with Crippen molar-refractivity contribution in [1.29, 1.82) is 0 Å². The van der Waals surface area contributed by atoms with Crippen LogP contribution in [0.4, 0.5) is 4.39 Å².